The molecule has 0 aromatic rings. The fourth-order valence-electron chi connectivity index (χ4n) is 2.61. The Bertz CT molecular complexity index is 269. The third kappa shape index (κ3) is 1.91. The summed E-state index contributed by atoms with van der Waals surface area (Å²) < 4.78 is 0. The van der Waals surface area contributed by atoms with Crippen LogP contribution in [0.3, 0.4) is 0 Å². The van der Waals surface area contributed by atoms with E-state index >= 15 is 0 Å². The molecule has 0 radical (unpaired) electrons. The molecular weight excluding hydrogens is 176 g/mol. The molecule has 2 rings (SSSR count). The molecule has 14 heavy (non-hydrogen) atoms. The van der Waals surface area contributed by atoms with Crippen LogP contribution in [0.5, 0.6) is 0 Å². The van der Waals surface area contributed by atoms with Crippen molar-refractivity contribution in [3.05, 3.63) is 0 Å². The van der Waals surface area contributed by atoms with Gasteiger partial charge in [-0.3, -0.25) is 9.69 Å². The van der Waals surface area contributed by atoms with Crippen LogP contribution in [0.15, 0.2) is 0 Å². The first-order valence-corrected chi connectivity index (χ1v) is 5.24. The highest BCUT2D eigenvalue weighted by molar-refractivity contribution is 5.78. The summed E-state index contributed by atoms with van der Waals surface area (Å²) in [6.45, 7) is 1.98. The van der Waals surface area contributed by atoms with Gasteiger partial charge in [-0.2, -0.15) is 0 Å². The largest absolute Gasteiger partial charge is 0.344 e. The van der Waals surface area contributed by atoms with E-state index in [2.05, 4.69) is 16.1 Å². The highest BCUT2D eigenvalue weighted by Gasteiger charge is 2.38. The van der Waals surface area contributed by atoms with E-state index in [0.29, 0.717) is 19.1 Å². The van der Waals surface area contributed by atoms with Crippen LogP contribution in [0.25, 0.3) is 0 Å². The van der Waals surface area contributed by atoms with Crippen LogP contribution in [-0.2, 0) is 4.79 Å². The summed E-state index contributed by atoms with van der Waals surface area (Å²) in [7, 11) is 0. The number of carbonyl (C=O) groups excluding carboxylic acids is 1. The fraction of sp³-hybridized carbons (Fsp3) is 0.727. The lowest BCUT2D eigenvalue weighted by atomic mass is 10.1. The zero-order valence-corrected chi connectivity index (χ0v) is 8.33. The Hall–Kier alpha value is -1.01. The number of hydrogen-bond acceptors (Lipinski definition) is 2. The number of carbonyl (C=O) groups is 1. The molecule has 0 aromatic carbocycles. The van der Waals surface area contributed by atoms with E-state index in [0.717, 1.165) is 12.5 Å². The van der Waals surface area contributed by atoms with Crippen LogP contribution in [0, 0.1) is 18.3 Å². The Balaban J connectivity index is 1.76. The summed E-state index contributed by atoms with van der Waals surface area (Å²) in [5.74, 6) is 3.32. The van der Waals surface area contributed by atoms with Crippen molar-refractivity contribution in [2.45, 2.75) is 25.3 Å². The monoisotopic (exact) mass is 192 g/mol. The fourth-order valence-corrected chi connectivity index (χ4v) is 2.61. The molecule has 1 N–H and O–H groups in total. The van der Waals surface area contributed by atoms with Gasteiger partial charge in [0.25, 0.3) is 0 Å². The highest BCUT2D eigenvalue weighted by atomic mass is 16.2. The summed E-state index contributed by atoms with van der Waals surface area (Å²) in [6, 6.07) is 0.664. The molecule has 1 aliphatic heterocycles. The second-order valence-corrected chi connectivity index (χ2v) is 4.24. The van der Waals surface area contributed by atoms with E-state index in [1.54, 1.807) is 0 Å². The lowest BCUT2D eigenvalue weighted by Gasteiger charge is -2.25. The molecule has 2 unspecified atom stereocenters. The van der Waals surface area contributed by atoms with Crippen LogP contribution in [0.2, 0.25) is 0 Å². The third-order valence-corrected chi connectivity index (χ3v) is 3.26. The molecule has 2 aliphatic rings. The Kier molecular flexibility index (Phi) is 2.74. The predicted octanol–water partition coefficient (Wildman–Crippen LogP) is 0.220. The first-order chi connectivity index (χ1) is 6.79. The SMILES string of the molecule is C#CCNC(=O)CN1CC2CCC1C2. The van der Waals surface area contributed by atoms with Crippen molar-refractivity contribution < 1.29 is 4.79 Å². The van der Waals surface area contributed by atoms with Crippen molar-refractivity contribution >= 4 is 5.91 Å². The summed E-state index contributed by atoms with van der Waals surface area (Å²) in [6.07, 6.45) is 8.99. The van der Waals surface area contributed by atoms with Crippen LogP contribution in [-0.4, -0.2) is 36.5 Å². The minimum absolute atomic E-state index is 0.0653. The van der Waals surface area contributed by atoms with Gasteiger partial charge in [0.05, 0.1) is 13.1 Å². The Morgan fingerprint density at radius 2 is 2.43 bits per heavy atom. The highest BCUT2D eigenvalue weighted by Crippen LogP contribution is 2.36. The maximum Gasteiger partial charge on any atom is 0.234 e. The maximum absolute atomic E-state index is 11.4. The van der Waals surface area contributed by atoms with Crippen LogP contribution in [0.4, 0.5) is 0 Å². The number of amides is 1. The summed E-state index contributed by atoms with van der Waals surface area (Å²) in [5.41, 5.74) is 0. The second-order valence-electron chi connectivity index (χ2n) is 4.24. The Morgan fingerprint density at radius 1 is 1.57 bits per heavy atom. The number of terminal acetylenes is 1. The van der Waals surface area contributed by atoms with Gasteiger partial charge in [-0.25, -0.2) is 0 Å². The number of hydrogen-bond donors (Lipinski definition) is 1. The predicted molar refractivity (Wildman–Crippen MR) is 54.5 cm³/mol. The van der Waals surface area contributed by atoms with E-state index in [-0.39, 0.29) is 5.91 Å². The van der Waals surface area contributed by atoms with Gasteiger partial charge in [-0.1, -0.05) is 5.92 Å². The van der Waals surface area contributed by atoms with Crippen LogP contribution >= 0.6 is 0 Å². The molecule has 1 saturated carbocycles. The number of fused-ring (bicyclic) bond motifs is 2. The Morgan fingerprint density at radius 3 is 3.00 bits per heavy atom. The number of rotatable bonds is 3. The van der Waals surface area contributed by atoms with Crippen molar-refractivity contribution in [2.24, 2.45) is 5.92 Å². The van der Waals surface area contributed by atoms with Gasteiger partial charge in [-0.15, -0.1) is 6.42 Å². The second kappa shape index (κ2) is 4.02. The molecule has 3 nitrogen and oxygen atoms in total. The third-order valence-electron chi connectivity index (χ3n) is 3.26. The molecule has 3 heteroatoms. The van der Waals surface area contributed by atoms with Gasteiger partial charge in [-0.05, 0) is 25.2 Å². The van der Waals surface area contributed by atoms with E-state index < -0.39 is 0 Å². The average molecular weight is 192 g/mol. The standard InChI is InChI=1S/C11H16N2O/c1-2-5-12-11(14)8-13-7-9-3-4-10(13)6-9/h1,9-10H,3-8H2,(H,12,14). The van der Waals surface area contributed by atoms with Gasteiger partial charge < -0.3 is 5.32 Å². The molecule has 0 aromatic heterocycles. The van der Waals surface area contributed by atoms with Crippen LogP contribution in [0.1, 0.15) is 19.3 Å². The van der Waals surface area contributed by atoms with Gasteiger partial charge in [0.15, 0.2) is 0 Å². The molecule has 1 heterocycles. The quantitative estimate of drug-likeness (QED) is 0.649. The zero-order chi connectivity index (χ0) is 9.97. The van der Waals surface area contributed by atoms with E-state index in [1.807, 2.05) is 0 Å². The summed E-state index contributed by atoms with van der Waals surface area (Å²) >= 11 is 0. The van der Waals surface area contributed by atoms with Crippen molar-refractivity contribution in [1.82, 2.24) is 10.2 Å². The molecular formula is C11H16N2O. The first kappa shape index (κ1) is 9.54. The van der Waals surface area contributed by atoms with E-state index in [9.17, 15) is 4.79 Å². The van der Waals surface area contributed by atoms with Gasteiger partial charge in [0, 0.05) is 12.6 Å². The number of piperidine rings is 1. The molecule has 1 saturated heterocycles. The molecule has 76 valence electrons. The lowest BCUT2D eigenvalue weighted by molar-refractivity contribution is -0.122. The van der Waals surface area contributed by atoms with E-state index in [4.69, 9.17) is 6.42 Å². The number of likely N-dealkylation sites (tertiary alicyclic amines) is 1. The smallest absolute Gasteiger partial charge is 0.234 e. The zero-order valence-electron chi connectivity index (χ0n) is 8.33. The van der Waals surface area contributed by atoms with Crippen molar-refractivity contribution in [1.29, 1.82) is 0 Å². The van der Waals surface area contributed by atoms with Crippen molar-refractivity contribution in [3.63, 3.8) is 0 Å². The molecule has 1 amide bonds. The van der Waals surface area contributed by atoms with Crippen LogP contribution < -0.4 is 5.32 Å². The van der Waals surface area contributed by atoms with E-state index in [1.165, 1.54) is 19.3 Å². The molecule has 2 fully saturated rings. The number of nitrogens with zero attached hydrogens (tertiary/aromatic N) is 1. The summed E-state index contributed by atoms with van der Waals surface area (Å²) in [4.78, 5) is 13.7. The van der Waals surface area contributed by atoms with Crippen molar-refractivity contribution in [2.75, 3.05) is 19.6 Å². The number of nitrogens with one attached hydrogen (secondary N) is 1. The molecule has 2 atom stereocenters. The summed E-state index contributed by atoms with van der Waals surface area (Å²) in [5, 5.41) is 2.70. The molecule has 2 bridgehead atoms. The van der Waals surface area contributed by atoms with Gasteiger partial charge in [0.1, 0.15) is 0 Å². The minimum Gasteiger partial charge on any atom is -0.344 e. The Labute approximate surface area is 84.8 Å². The average Bonchev–Trinajstić information content (AvgIpc) is 2.76. The van der Waals surface area contributed by atoms with Gasteiger partial charge >= 0.3 is 0 Å². The van der Waals surface area contributed by atoms with Gasteiger partial charge in [0.2, 0.25) is 5.91 Å². The topological polar surface area (TPSA) is 32.3 Å². The first-order valence-electron chi connectivity index (χ1n) is 5.24. The molecule has 1 aliphatic carbocycles. The maximum atomic E-state index is 11.4. The lowest BCUT2D eigenvalue weighted by Crippen LogP contribution is -2.41. The molecule has 0 spiro atoms. The normalized spacial score (nSPS) is 30.2. The minimum atomic E-state index is 0.0653. The van der Waals surface area contributed by atoms with Crippen molar-refractivity contribution in [3.8, 4) is 12.3 Å².